The lowest BCUT2D eigenvalue weighted by Crippen LogP contribution is -2.15. The fraction of sp³-hybridized carbons (Fsp3) is 0.357. The highest BCUT2D eigenvalue weighted by Crippen LogP contribution is 2.15. The monoisotopic (exact) mass is 245 g/mol. The largest absolute Gasteiger partial charge is 0.475 e. The molecule has 0 spiro atoms. The van der Waals surface area contributed by atoms with Gasteiger partial charge in [0.1, 0.15) is 0 Å². The standard InChI is InChI=1S/C14H19N3O/c1-11(2)18-14-13(4-3-6-17-14)10-16-9-12-5-7-15-8-12/h3-8,11,15-16H,9-10H2,1-2H3. The van der Waals surface area contributed by atoms with Crippen LogP contribution in [0.4, 0.5) is 0 Å². The molecular weight excluding hydrogens is 226 g/mol. The number of hydrogen-bond donors (Lipinski definition) is 2. The number of aromatic nitrogens is 2. The third-order valence-corrected chi connectivity index (χ3v) is 2.50. The molecule has 2 N–H and O–H groups in total. The lowest BCUT2D eigenvalue weighted by atomic mass is 10.2. The van der Waals surface area contributed by atoms with E-state index in [-0.39, 0.29) is 6.10 Å². The summed E-state index contributed by atoms with van der Waals surface area (Å²) in [6.45, 7) is 5.60. The quantitative estimate of drug-likeness (QED) is 0.822. The Kier molecular flexibility index (Phi) is 4.36. The topological polar surface area (TPSA) is 49.9 Å². The zero-order valence-corrected chi connectivity index (χ0v) is 10.8. The van der Waals surface area contributed by atoms with Gasteiger partial charge in [-0.25, -0.2) is 4.98 Å². The molecular formula is C14H19N3O. The van der Waals surface area contributed by atoms with E-state index in [4.69, 9.17) is 4.74 Å². The average molecular weight is 245 g/mol. The van der Waals surface area contributed by atoms with Crippen molar-refractivity contribution < 1.29 is 4.74 Å². The van der Waals surface area contributed by atoms with Crippen LogP contribution in [0.25, 0.3) is 0 Å². The molecule has 0 unspecified atom stereocenters. The minimum absolute atomic E-state index is 0.142. The maximum absolute atomic E-state index is 5.68. The summed E-state index contributed by atoms with van der Waals surface area (Å²) in [5.74, 6) is 0.717. The highest BCUT2D eigenvalue weighted by Gasteiger charge is 2.06. The molecule has 96 valence electrons. The first-order valence-corrected chi connectivity index (χ1v) is 6.18. The summed E-state index contributed by atoms with van der Waals surface area (Å²) < 4.78 is 5.68. The Balaban J connectivity index is 1.92. The molecule has 0 aliphatic heterocycles. The van der Waals surface area contributed by atoms with E-state index in [1.165, 1.54) is 5.56 Å². The van der Waals surface area contributed by atoms with Crippen LogP contribution in [0.3, 0.4) is 0 Å². The van der Waals surface area contributed by atoms with Gasteiger partial charge >= 0.3 is 0 Å². The van der Waals surface area contributed by atoms with E-state index < -0.39 is 0 Å². The normalized spacial score (nSPS) is 10.8. The summed E-state index contributed by atoms with van der Waals surface area (Å²) in [6, 6.07) is 6.02. The summed E-state index contributed by atoms with van der Waals surface area (Å²) in [6.07, 6.45) is 5.81. The van der Waals surface area contributed by atoms with Crippen LogP contribution in [0.1, 0.15) is 25.0 Å². The van der Waals surface area contributed by atoms with Crippen LogP contribution in [-0.2, 0) is 13.1 Å². The van der Waals surface area contributed by atoms with Crippen LogP contribution in [0, 0.1) is 0 Å². The predicted octanol–water partition coefficient (Wildman–Crippen LogP) is 2.49. The lowest BCUT2D eigenvalue weighted by molar-refractivity contribution is 0.229. The van der Waals surface area contributed by atoms with Gasteiger partial charge in [-0.1, -0.05) is 6.07 Å². The first-order chi connectivity index (χ1) is 8.75. The summed E-state index contributed by atoms with van der Waals surface area (Å²) in [7, 11) is 0. The van der Waals surface area contributed by atoms with Crippen molar-refractivity contribution in [3.05, 3.63) is 47.9 Å². The second kappa shape index (κ2) is 6.21. The SMILES string of the molecule is CC(C)Oc1ncccc1CNCc1cc[nH]c1. The van der Waals surface area contributed by atoms with E-state index >= 15 is 0 Å². The Morgan fingerprint density at radius 2 is 2.22 bits per heavy atom. The average Bonchev–Trinajstić information content (AvgIpc) is 2.84. The van der Waals surface area contributed by atoms with Gasteiger partial charge in [-0.3, -0.25) is 0 Å². The molecule has 0 aromatic carbocycles. The molecule has 0 bridgehead atoms. The molecule has 2 aromatic heterocycles. The highest BCUT2D eigenvalue weighted by atomic mass is 16.5. The predicted molar refractivity (Wildman–Crippen MR) is 71.3 cm³/mol. The van der Waals surface area contributed by atoms with Crippen LogP contribution in [0.2, 0.25) is 0 Å². The minimum Gasteiger partial charge on any atom is -0.475 e. The van der Waals surface area contributed by atoms with Crippen molar-refractivity contribution in [1.82, 2.24) is 15.3 Å². The van der Waals surface area contributed by atoms with E-state index in [0.717, 1.165) is 18.7 Å². The van der Waals surface area contributed by atoms with Gasteiger partial charge in [0.05, 0.1) is 6.10 Å². The van der Waals surface area contributed by atoms with Crippen LogP contribution >= 0.6 is 0 Å². The molecule has 0 aliphatic rings. The Morgan fingerprint density at radius 1 is 1.33 bits per heavy atom. The Morgan fingerprint density at radius 3 is 2.94 bits per heavy atom. The van der Waals surface area contributed by atoms with Crippen LogP contribution < -0.4 is 10.1 Å². The third-order valence-electron chi connectivity index (χ3n) is 2.50. The zero-order valence-electron chi connectivity index (χ0n) is 10.8. The van der Waals surface area contributed by atoms with Gasteiger partial charge in [-0.05, 0) is 31.5 Å². The molecule has 2 aromatic rings. The molecule has 18 heavy (non-hydrogen) atoms. The van der Waals surface area contributed by atoms with Crippen molar-refractivity contribution in [2.45, 2.75) is 33.0 Å². The fourth-order valence-electron chi connectivity index (χ4n) is 1.70. The number of H-pyrrole nitrogens is 1. The molecule has 0 saturated carbocycles. The molecule has 4 nitrogen and oxygen atoms in total. The molecule has 0 aliphatic carbocycles. The summed E-state index contributed by atoms with van der Waals surface area (Å²) >= 11 is 0. The highest BCUT2D eigenvalue weighted by molar-refractivity contribution is 5.25. The molecule has 4 heteroatoms. The molecule has 0 radical (unpaired) electrons. The van der Waals surface area contributed by atoms with E-state index in [0.29, 0.717) is 5.88 Å². The Bertz CT molecular complexity index is 466. The first kappa shape index (κ1) is 12.6. The number of nitrogens with one attached hydrogen (secondary N) is 2. The van der Waals surface area contributed by atoms with Gasteiger partial charge in [-0.15, -0.1) is 0 Å². The molecule has 0 saturated heterocycles. The molecule has 0 atom stereocenters. The summed E-state index contributed by atoms with van der Waals surface area (Å²) in [5, 5.41) is 3.38. The third kappa shape index (κ3) is 3.60. The fourth-order valence-corrected chi connectivity index (χ4v) is 1.70. The van der Waals surface area contributed by atoms with Crippen molar-refractivity contribution >= 4 is 0 Å². The molecule has 2 rings (SSSR count). The molecule has 2 heterocycles. The maximum atomic E-state index is 5.68. The number of hydrogen-bond acceptors (Lipinski definition) is 3. The van der Waals surface area contributed by atoms with Gasteiger partial charge in [0.2, 0.25) is 5.88 Å². The molecule has 0 fully saturated rings. The van der Waals surface area contributed by atoms with Crippen molar-refractivity contribution in [2.75, 3.05) is 0 Å². The number of pyridine rings is 1. The van der Waals surface area contributed by atoms with E-state index in [1.54, 1.807) is 6.20 Å². The Hall–Kier alpha value is -1.81. The van der Waals surface area contributed by atoms with E-state index in [2.05, 4.69) is 21.4 Å². The van der Waals surface area contributed by atoms with Crippen molar-refractivity contribution in [3.63, 3.8) is 0 Å². The van der Waals surface area contributed by atoms with Crippen molar-refractivity contribution in [1.29, 1.82) is 0 Å². The van der Waals surface area contributed by atoms with E-state index in [9.17, 15) is 0 Å². The van der Waals surface area contributed by atoms with Gasteiger partial charge < -0.3 is 15.0 Å². The minimum atomic E-state index is 0.142. The van der Waals surface area contributed by atoms with Crippen LogP contribution in [0.15, 0.2) is 36.8 Å². The first-order valence-electron chi connectivity index (χ1n) is 6.18. The smallest absolute Gasteiger partial charge is 0.218 e. The number of ether oxygens (including phenoxy) is 1. The van der Waals surface area contributed by atoms with Crippen molar-refractivity contribution in [3.8, 4) is 5.88 Å². The van der Waals surface area contributed by atoms with Crippen LogP contribution in [0.5, 0.6) is 5.88 Å². The van der Waals surface area contributed by atoms with Crippen LogP contribution in [-0.4, -0.2) is 16.1 Å². The van der Waals surface area contributed by atoms with Gasteiger partial charge in [-0.2, -0.15) is 0 Å². The Labute approximate surface area is 107 Å². The van der Waals surface area contributed by atoms with Gasteiger partial charge in [0.15, 0.2) is 0 Å². The second-order valence-corrected chi connectivity index (χ2v) is 4.46. The number of rotatable bonds is 6. The summed E-state index contributed by atoms with van der Waals surface area (Å²) in [4.78, 5) is 7.30. The van der Waals surface area contributed by atoms with E-state index in [1.807, 2.05) is 38.4 Å². The number of nitrogens with zero attached hydrogens (tertiary/aromatic N) is 1. The maximum Gasteiger partial charge on any atom is 0.218 e. The lowest BCUT2D eigenvalue weighted by Gasteiger charge is -2.13. The number of aromatic amines is 1. The van der Waals surface area contributed by atoms with Crippen molar-refractivity contribution in [2.24, 2.45) is 0 Å². The van der Waals surface area contributed by atoms with Gasteiger partial charge in [0.25, 0.3) is 0 Å². The molecule has 0 amide bonds. The summed E-state index contributed by atoms with van der Waals surface area (Å²) in [5.41, 5.74) is 2.33. The van der Waals surface area contributed by atoms with Gasteiger partial charge in [0, 0.05) is 37.2 Å². The zero-order chi connectivity index (χ0) is 12.8. The second-order valence-electron chi connectivity index (χ2n) is 4.46.